The summed E-state index contributed by atoms with van der Waals surface area (Å²) in [6.07, 6.45) is 11.3. The van der Waals surface area contributed by atoms with E-state index in [0.29, 0.717) is 28.6 Å². The Morgan fingerprint density at radius 2 is 1.85 bits per heavy atom. The number of phenols is 1. The minimum absolute atomic E-state index is 0.0278. The predicted molar refractivity (Wildman–Crippen MR) is 168 cm³/mol. The van der Waals surface area contributed by atoms with Crippen LogP contribution in [0.15, 0.2) is 28.9 Å². The van der Waals surface area contributed by atoms with Crippen LogP contribution in [0.25, 0.3) is 6.08 Å². The second kappa shape index (κ2) is 14.5. The van der Waals surface area contributed by atoms with Crippen LogP contribution in [0.3, 0.4) is 0 Å². The third kappa shape index (κ3) is 6.85. The number of methoxy groups -OCH3 is 1. The van der Waals surface area contributed by atoms with Crippen molar-refractivity contribution in [3.05, 3.63) is 38.0 Å². The number of allylic oxidation sites excluding steroid dienone is 2. The van der Waals surface area contributed by atoms with Crippen LogP contribution in [0.1, 0.15) is 96.5 Å². The van der Waals surface area contributed by atoms with Crippen molar-refractivity contribution in [2.24, 2.45) is 17.8 Å². The van der Waals surface area contributed by atoms with E-state index in [2.05, 4.69) is 42.5 Å². The summed E-state index contributed by atoms with van der Waals surface area (Å²) in [6, 6.07) is 3.70. The van der Waals surface area contributed by atoms with E-state index in [0.717, 1.165) is 74.5 Å². The quantitative estimate of drug-likeness (QED) is 0.135. The average molecular weight is 680 g/mol. The van der Waals surface area contributed by atoms with Gasteiger partial charge in [-0.15, -0.1) is 0 Å². The van der Waals surface area contributed by atoms with E-state index in [1.165, 1.54) is 12.7 Å². The summed E-state index contributed by atoms with van der Waals surface area (Å²) in [5.41, 5.74) is 3.95. The number of nitrogens with zero attached hydrogens (tertiary/aromatic N) is 1. The van der Waals surface area contributed by atoms with Gasteiger partial charge < -0.3 is 20.1 Å². The molecule has 2 amide bonds. The molecular formula is C33H46INO6. The van der Waals surface area contributed by atoms with Gasteiger partial charge in [-0.2, -0.15) is 0 Å². The molecule has 2 fully saturated rings. The first-order valence-corrected chi connectivity index (χ1v) is 16.5. The maximum Gasteiger partial charge on any atom is 0.234 e. The molecule has 4 atom stereocenters. The Kier molecular flexibility index (Phi) is 11.3. The Balaban J connectivity index is 1.58. The van der Waals surface area contributed by atoms with Gasteiger partial charge in [0.1, 0.15) is 0 Å². The molecule has 0 radical (unpaired) electrons. The number of fused-ring (bicyclic) bond motifs is 1. The fourth-order valence-electron chi connectivity index (χ4n) is 7.36. The molecule has 0 spiro atoms. The first-order chi connectivity index (χ1) is 19.7. The van der Waals surface area contributed by atoms with Gasteiger partial charge in [-0.05, 0) is 90.8 Å². The van der Waals surface area contributed by atoms with Gasteiger partial charge in [0.25, 0.3) is 0 Å². The molecule has 2 aliphatic carbocycles. The molecule has 3 aliphatic rings. The third-order valence-electron chi connectivity index (χ3n) is 9.22. The van der Waals surface area contributed by atoms with Crippen molar-refractivity contribution in [2.75, 3.05) is 13.7 Å². The highest BCUT2D eigenvalue weighted by atomic mass is 127. The molecule has 226 valence electrons. The minimum Gasteiger partial charge on any atom is -0.504 e. The number of ether oxygens (including phenoxy) is 1. The van der Waals surface area contributed by atoms with E-state index < -0.39 is 23.9 Å². The van der Waals surface area contributed by atoms with Crippen LogP contribution in [-0.2, 0) is 9.59 Å². The molecule has 7 nitrogen and oxygen atoms in total. The van der Waals surface area contributed by atoms with E-state index in [4.69, 9.17) is 4.74 Å². The number of hydrogen-bond donors (Lipinski definition) is 3. The lowest BCUT2D eigenvalue weighted by molar-refractivity contribution is -0.143. The van der Waals surface area contributed by atoms with Crippen molar-refractivity contribution in [1.29, 1.82) is 0 Å². The molecule has 1 saturated carbocycles. The molecule has 1 heterocycles. The normalized spacial score (nSPS) is 24.7. The van der Waals surface area contributed by atoms with E-state index in [1.807, 2.05) is 12.1 Å². The molecular weight excluding hydrogens is 633 g/mol. The van der Waals surface area contributed by atoms with Crippen LogP contribution >= 0.6 is 22.6 Å². The number of carbonyl (C=O) groups is 2. The number of hydrogen-bond acceptors (Lipinski definition) is 6. The van der Waals surface area contributed by atoms with Crippen molar-refractivity contribution < 1.29 is 29.6 Å². The fourth-order valence-corrected chi connectivity index (χ4v) is 7.98. The lowest BCUT2D eigenvalue weighted by atomic mass is 9.67. The number of imide groups is 1. The molecule has 4 rings (SSSR count). The van der Waals surface area contributed by atoms with Crippen LogP contribution in [0.4, 0.5) is 0 Å². The highest BCUT2D eigenvalue weighted by molar-refractivity contribution is 14.1. The van der Waals surface area contributed by atoms with Gasteiger partial charge in [0, 0.05) is 12.0 Å². The zero-order chi connectivity index (χ0) is 29.7. The van der Waals surface area contributed by atoms with Gasteiger partial charge in [-0.25, -0.2) is 0 Å². The highest BCUT2D eigenvalue weighted by Crippen LogP contribution is 2.48. The number of phenolic OH excluding ortho intramolecular Hbond substituents is 1. The molecule has 0 unspecified atom stereocenters. The van der Waals surface area contributed by atoms with Crippen molar-refractivity contribution in [2.45, 2.75) is 103 Å². The van der Waals surface area contributed by atoms with Crippen LogP contribution in [0.5, 0.6) is 11.5 Å². The Labute approximate surface area is 258 Å². The van der Waals surface area contributed by atoms with E-state index >= 15 is 0 Å². The molecule has 1 aromatic carbocycles. The van der Waals surface area contributed by atoms with Crippen molar-refractivity contribution in [3.8, 4) is 11.5 Å². The monoisotopic (exact) mass is 679 g/mol. The van der Waals surface area contributed by atoms with E-state index in [1.54, 1.807) is 4.90 Å². The molecule has 0 aromatic heterocycles. The summed E-state index contributed by atoms with van der Waals surface area (Å²) >= 11 is 2.09. The van der Waals surface area contributed by atoms with E-state index in [9.17, 15) is 24.9 Å². The van der Waals surface area contributed by atoms with Gasteiger partial charge in [-0.1, -0.05) is 63.2 Å². The van der Waals surface area contributed by atoms with Gasteiger partial charge >= 0.3 is 0 Å². The number of benzene rings is 1. The zero-order valence-corrected chi connectivity index (χ0v) is 26.9. The Morgan fingerprint density at radius 3 is 2.49 bits per heavy atom. The highest BCUT2D eigenvalue weighted by Gasteiger charge is 2.56. The Bertz CT molecular complexity index is 1170. The van der Waals surface area contributed by atoms with Crippen molar-refractivity contribution >= 4 is 40.5 Å². The van der Waals surface area contributed by atoms with Gasteiger partial charge in [0.15, 0.2) is 11.5 Å². The number of amides is 2. The fraction of sp³-hybridized carbons (Fsp3) is 0.636. The number of aliphatic hydroxyl groups is 2. The van der Waals surface area contributed by atoms with E-state index in [-0.39, 0.29) is 30.2 Å². The maximum absolute atomic E-state index is 13.8. The second-order valence-corrected chi connectivity index (χ2v) is 13.1. The number of likely N-dealkylation sites (tertiary alicyclic amines) is 1. The van der Waals surface area contributed by atoms with Crippen LogP contribution in [0.2, 0.25) is 0 Å². The molecule has 0 bridgehead atoms. The molecule has 3 N–H and O–H groups in total. The number of aromatic hydroxyl groups is 1. The lowest BCUT2D eigenvalue weighted by Crippen LogP contribution is -2.42. The number of halogens is 1. The zero-order valence-electron chi connectivity index (χ0n) is 24.7. The molecule has 41 heavy (non-hydrogen) atoms. The summed E-state index contributed by atoms with van der Waals surface area (Å²) < 4.78 is 6.04. The molecule has 8 heteroatoms. The summed E-state index contributed by atoms with van der Waals surface area (Å²) in [5, 5.41) is 32.5. The summed E-state index contributed by atoms with van der Waals surface area (Å²) in [4.78, 5) is 28.9. The summed E-state index contributed by atoms with van der Waals surface area (Å²) in [6.45, 7) is 3.96. The Hall–Kier alpha value is -1.91. The standard InChI is InChI=1S/C33H46INO6/c1-4-9-20(15-21-16-26(34)31(38)28(17-21)41-3)13-14-27(37)29-22(10-5-2)18-24-30(25(29)19-36)33(40)35(32(24)39)23-11-7-6-8-12-23/h15-17,23-25,27,30,36-38H,4-14,18-19H2,1-3H3/b20-15+/t24-,25+,27-,30-/m1/s1. The topological polar surface area (TPSA) is 107 Å². The van der Waals surface area contributed by atoms with Gasteiger partial charge in [-0.3, -0.25) is 14.5 Å². The third-order valence-corrected chi connectivity index (χ3v) is 10.0. The molecule has 1 saturated heterocycles. The predicted octanol–water partition coefficient (Wildman–Crippen LogP) is 6.37. The molecule has 1 aromatic rings. The smallest absolute Gasteiger partial charge is 0.234 e. The number of carbonyl (C=O) groups excluding carboxylic acids is 2. The maximum atomic E-state index is 13.8. The van der Waals surface area contributed by atoms with Gasteiger partial charge in [0.05, 0.1) is 35.2 Å². The first kappa shape index (κ1) is 32.0. The second-order valence-electron chi connectivity index (χ2n) is 11.9. The first-order valence-electron chi connectivity index (χ1n) is 15.4. The summed E-state index contributed by atoms with van der Waals surface area (Å²) in [5.74, 6) is -1.21. The minimum atomic E-state index is -0.795. The Morgan fingerprint density at radius 1 is 1.12 bits per heavy atom. The number of aliphatic hydroxyl groups excluding tert-OH is 2. The van der Waals surface area contributed by atoms with Crippen molar-refractivity contribution in [1.82, 2.24) is 4.90 Å². The lowest BCUT2D eigenvalue weighted by Gasteiger charge is -2.36. The summed E-state index contributed by atoms with van der Waals surface area (Å²) in [7, 11) is 1.53. The van der Waals surface area contributed by atoms with Crippen molar-refractivity contribution in [3.63, 3.8) is 0 Å². The van der Waals surface area contributed by atoms with Crippen LogP contribution in [0, 0.1) is 21.3 Å². The largest absolute Gasteiger partial charge is 0.504 e. The van der Waals surface area contributed by atoms with Gasteiger partial charge in [0.2, 0.25) is 11.8 Å². The average Bonchev–Trinajstić information content (AvgIpc) is 3.22. The van der Waals surface area contributed by atoms with Crippen LogP contribution < -0.4 is 4.74 Å². The SMILES string of the molecule is CCCC1=C([C@H](O)CC/C(=C/c2cc(I)c(O)c(OC)c2)CCC)[C@H](CO)[C@@H]2C(=O)N(C3CCCCC3)C(=O)[C@@H]2C1. The van der Waals surface area contributed by atoms with Crippen LogP contribution in [-0.4, -0.2) is 57.9 Å². The number of rotatable bonds is 12. The molecule has 1 aliphatic heterocycles.